The van der Waals surface area contributed by atoms with Crippen LogP contribution in [-0.2, 0) is 9.47 Å². The van der Waals surface area contributed by atoms with E-state index in [1.54, 1.807) is 0 Å². The summed E-state index contributed by atoms with van der Waals surface area (Å²) in [5.74, 6) is -0.339. The van der Waals surface area contributed by atoms with E-state index in [4.69, 9.17) is 21.7 Å². The predicted octanol–water partition coefficient (Wildman–Crippen LogP) is 2.53. The summed E-state index contributed by atoms with van der Waals surface area (Å²) in [5.41, 5.74) is 2.27. The van der Waals surface area contributed by atoms with Crippen LogP contribution in [0.5, 0.6) is 0 Å². The highest BCUT2D eigenvalue weighted by molar-refractivity contribution is 7.80. The van der Waals surface area contributed by atoms with Crippen molar-refractivity contribution in [2.45, 2.75) is 25.6 Å². The highest BCUT2D eigenvalue weighted by Crippen LogP contribution is 2.31. The smallest absolute Gasteiger partial charge is 0.173 e. The number of ether oxygens (including phenoxy) is 2. The Bertz CT molecular complexity index is 490. The monoisotopic (exact) mass is 292 g/mol. The van der Waals surface area contributed by atoms with Gasteiger partial charge in [-0.05, 0) is 30.8 Å². The Hall–Kier alpha value is -1.17. The van der Waals surface area contributed by atoms with Crippen molar-refractivity contribution in [1.29, 1.82) is 0 Å². The molecule has 2 saturated heterocycles. The fourth-order valence-corrected chi connectivity index (χ4v) is 3.04. The van der Waals surface area contributed by atoms with Gasteiger partial charge in [-0.15, -0.1) is 0 Å². The summed E-state index contributed by atoms with van der Waals surface area (Å²) in [7, 11) is 0. The molecule has 0 saturated carbocycles. The van der Waals surface area contributed by atoms with Crippen LogP contribution in [-0.4, -0.2) is 42.1 Å². The Morgan fingerprint density at radius 1 is 1.20 bits per heavy atom. The van der Waals surface area contributed by atoms with Crippen molar-refractivity contribution in [2.75, 3.05) is 31.6 Å². The lowest BCUT2D eigenvalue weighted by Crippen LogP contribution is -2.48. The molecule has 2 aliphatic rings. The average molecular weight is 292 g/mol. The fourth-order valence-electron chi connectivity index (χ4n) is 2.74. The number of hydrogen-bond donors (Lipinski definition) is 1. The molecule has 0 bridgehead atoms. The van der Waals surface area contributed by atoms with E-state index in [0.717, 1.165) is 36.7 Å². The summed E-state index contributed by atoms with van der Waals surface area (Å²) >= 11 is 5.51. The van der Waals surface area contributed by atoms with E-state index in [2.05, 4.69) is 29.3 Å². The molecule has 1 aromatic carbocycles. The molecule has 1 aromatic rings. The number of para-hydroxylation sites is 1. The van der Waals surface area contributed by atoms with E-state index in [1.165, 1.54) is 5.56 Å². The molecule has 4 nitrogen and oxygen atoms in total. The van der Waals surface area contributed by atoms with Gasteiger partial charge in [0, 0.05) is 31.6 Å². The lowest BCUT2D eigenvalue weighted by molar-refractivity contribution is -0.180. The number of piperidine rings is 1. The molecular formula is C15H20N2O2S. The van der Waals surface area contributed by atoms with E-state index in [0.29, 0.717) is 13.2 Å². The van der Waals surface area contributed by atoms with Crippen LogP contribution in [0, 0.1) is 6.92 Å². The molecule has 1 N–H and O–H groups in total. The van der Waals surface area contributed by atoms with Crippen LogP contribution in [0.1, 0.15) is 18.4 Å². The molecule has 108 valence electrons. The number of likely N-dealkylation sites (tertiary alicyclic amines) is 1. The maximum Gasteiger partial charge on any atom is 0.173 e. The zero-order valence-electron chi connectivity index (χ0n) is 11.7. The minimum Gasteiger partial charge on any atom is -0.349 e. The molecule has 2 aliphatic heterocycles. The average Bonchev–Trinajstić information content (AvgIpc) is 2.90. The third-order valence-electron chi connectivity index (χ3n) is 4.01. The van der Waals surface area contributed by atoms with Crippen LogP contribution in [0.2, 0.25) is 0 Å². The lowest BCUT2D eigenvalue weighted by atomic mass is 10.0. The van der Waals surface area contributed by atoms with Gasteiger partial charge in [-0.3, -0.25) is 0 Å². The van der Waals surface area contributed by atoms with E-state index in [1.807, 2.05) is 12.1 Å². The number of aryl methyl sites for hydroxylation is 1. The fraction of sp³-hybridized carbons (Fsp3) is 0.533. The Morgan fingerprint density at radius 3 is 2.50 bits per heavy atom. The molecular weight excluding hydrogens is 272 g/mol. The molecule has 1 spiro atoms. The molecule has 0 amide bonds. The summed E-state index contributed by atoms with van der Waals surface area (Å²) in [6, 6.07) is 8.18. The number of nitrogens with zero attached hydrogens (tertiary/aromatic N) is 1. The molecule has 0 aromatic heterocycles. The Kier molecular flexibility index (Phi) is 3.92. The molecule has 20 heavy (non-hydrogen) atoms. The van der Waals surface area contributed by atoms with E-state index in [-0.39, 0.29) is 5.79 Å². The normalized spacial score (nSPS) is 21.1. The molecule has 0 unspecified atom stereocenters. The maximum atomic E-state index is 5.73. The van der Waals surface area contributed by atoms with Crippen molar-refractivity contribution in [3.05, 3.63) is 29.8 Å². The molecule has 2 heterocycles. The third kappa shape index (κ3) is 2.80. The van der Waals surface area contributed by atoms with Gasteiger partial charge in [-0.2, -0.15) is 0 Å². The Balaban J connectivity index is 1.58. The first kappa shape index (κ1) is 13.8. The first-order valence-corrected chi connectivity index (χ1v) is 7.49. The van der Waals surface area contributed by atoms with Gasteiger partial charge in [0.05, 0.1) is 13.2 Å². The van der Waals surface area contributed by atoms with Crippen molar-refractivity contribution >= 4 is 23.0 Å². The first-order valence-electron chi connectivity index (χ1n) is 7.08. The second-order valence-electron chi connectivity index (χ2n) is 5.34. The molecule has 0 aliphatic carbocycles. The third-order valence-corrected chi connectivity index (χ3v) is 4.37. The second-order valence-corrected chi connectivity index (χ2v) is 5.73. The van der Waals surface area contributed by atoms with Gasteiger partial charge in [0.15, 0.2) is 10.9 Å². The molecule has 2 fully saturated rings. The summed E-state index contributed by atoms with van der Waals surface area (Å²) in [6.45, 7) is 5.25. The summed E-state index contributed by atoms with van der Waals surface area (Å²) in [6.07, 6.45) is 1.76. The molecule has 5 heteroatoms. The predicted molar refractivity (Wildman–Crippen MR) is 82.8 cm³/mol. The van der Waals surface area contributed by atoms with Crippen molar-refractivity contribution in [3.63, 3.8) is 0 Å². The standard InChI is InChI=1S/C15H20N2O2S/c1-12-4-2-3-5-13(12)16-14(20)17-8-6-15(7-9-17)18-10-11-19-15/h2-5H,6-11H2,1H3,(H,16,20). The van der Waals surface area contributed by atoms with Gasteiger partial charge in [0.25, 0.3) is 0 Å². The van der Waals surface area contributed by atoms with E-state index in [9.17, 15) is 0 Å². The van der Waals surface area contributed by atoms with Gasteiger partial charge in [-0.1, -0.05) is 18.2 Å². The van der Waals surface area contributed by atoms with Crippen LogP contribution in [0.4, 0.5) is 5.69 Å². The first-order chi connectivity index (χ1) is 9.69. The van der Waals surface area contributed by atoms with Crippen LogP contribution in [0.3, 0.4) is 0 Å². The van der Waals surface area contributed by atoms with Gasteiger partial charge in [-0.25, -0.2) is 0 Å². The molecule has 0 radical (unpaired) electrons. The van der Waals surface area contributed by atoms with Crippen LogP contribution in [0.15, 0.2) is 24.3 Å². The Labute approximate surface area is 125 Å². The quantitative estimate of drug-likeness (QED) is 0.805. The number of anilines is 1. The zero-order valence-corrected chi connectivity index (χ0v) is 12.5. The topological polar surface area (TPSA) is 33.7 Å². The minimum absolute atomic E-state index is 0.339. The van der Waals surface area contributed by atoms with Crippen molar-refractivity contribution in [1.82, 2.24) is 4.90 Å². The summed E-state index contributed by atoms with van der Waals surface area (Å²) in [4.78, 5) is 2.19. The van der Waals surface area contributed by atoms with Crippen molar-refractivity contribution in [2.24, 2.45) is 0 Å². The molecule has 3 rings (SSSR count). The maximum absolute atomic E-state index is 5.73. The van der Waals surface area contributed by atoms with Gasteiger partial charge < -0.3 is 19.7 Å². The van der Waals surface area contributed by atoms with Gasteiger partial charge in [0.1, 0.15) is 0 Å². The number of thiocarbonyl (C=S) groups is 1. The van der Waals surface area contributed by atoms with Crippen molar-refractivity contribution < 1.29 is 9.47 Å². The molecule has 0 atom stereocenters. The number of rotatable bonds is 1. The van der Waals surface area contributed by atoms with E-state index < -0.39 is 0 Å². The Morgan fingerprint density at radius 2 is 1.85 bits per heavy atom. The SMILES string of the molecule is Cc1ccccc1NC(=S)N1CCC2(CC1)OCCO2. The van der Waals surface area contributed by atoms with E-state index >= 15 is 0 Å². The largest absolute Gasteiger partial charge is 0.349 e. The van der Waals surface area contributed by atoms with Crippen LogP contribution >= 0.6 is 12.2 Å². The van der Waals surface area contributed by atoms with Crippen molar-refractivity contribution in [3.8, 4) is 0 Å². The second kappa shape index (κ2) is 5.68. The zero-order chi connectivity index (χ0) is 14.0. The number of hydrogen-bond acceptors (Lipinski definition) is 3. The minimum atomic E-state index is -0.339. The van der Waals surface area contributed by atoms with Crippen LogP contribution in [0.25, 0.3) is 0 Å². The number of benzene rings is 1. The highest BCUT2D eigenvalue weighted by atomic mass is 32.1. The van der Waals surface area contributed by atoms with Gasteiger partial charge >= 0.3 is 0 Å². The lowest BCUT2D eigenvalue weighted by Gasteiger charge is -2.38. The number of nitrogens with one attached hydrogen (secondary N) is 1. The summed E-state index contributed by atoms with van der Waals surface area (Å²) < 4.78 is 11.5. The van der Waals surface area contributed by atoms with Crippen LogP contribution < -0.4 is 5.32 Å². The van der Waals surface area contributed by atoms with Gasteiger partial charge in [0.2, 0.25) is 0 Å². The highest BCUT2D eigenvalue weighted by Gasteiger charge is 2.40. The summed E-state index contributed by atoms with van der Waals surface area (Å²) in [5, 5.41) is 4.12.